The molecule has 0 radical (unpaired) electrons. The first-order valence-electron chi connectivity index (χ1n) is 8.51. The molecule has 5 rings (SSSR count). The molecule has 116 valence electrons. The fourth-order valence-electron chi connectivity index (χ4n) is 5.60. The van der Waals surface area contributed by atoms with Gasteiger partial charge in [0.25, 0.3) is 0 Å². The first-order chi connectivity index (χ1) is 10.7. The molecule has 1 atom stereocenters. The lowest BCUT2D eigenvalue weighted by Crippen LogP contribution is -2.58. The molecule has 0 unspecified atom stereocenters. The minimum absolute atomic E-state index is 0.207. The van der Waals surface area contributed by atoms with E-state index in [0.717, 1.165) is 29.1 Å². The molecule has 4 saturated carbocycles. The molecule has 4 aliphatic rings. The number of hydrogen-bond acceptors (Lipinski definition) is 3. The van der Waals surface area contributed by atoms with Crippen LogP contribution >= 0.6 is 0 Å². The minimum Gasteiger partial charge on any atom is -0.497 e. The Bertz CT molecular complexity index is 568. The van der Waals surface area contributed by atoms with Crippen LogP contribution in [-0.4, -0.2) is 12.6 Å². The van der Waals surface area contributed by atoms with E-state index in [1.54, 1.807) is 7.11 Å². The first-order valence-corrected chi connectivity index (χ1v) is 8.51. The van der Waals surface area contributed by atoms with Gasteiger partial charge < -0.3 is 4.74 Å². The Morgan fingerprint density at radius 2 is 1.82 bits per heavy atom. The van der Waals surface area contributed by atoms with E-state index in [-0.39, 0.29) is 11.6 Å². The number of nitriles is 1. The summed E-state index contributed by atoms with van der Waals surface area (Å²) in [5.74, 6) is 3.50. The molecule has 4 bridgehead atoms. The third-order valence-electron chi connectivity index (χ3n) is 6.04. The number of ether oxygens (including phenoxy) is 1. The summed E-state index contributed by atoms with van der Waals surface area (Å²) >= 11 is 0. The lowest BCUT2D eigenvalue weighted by Gasteiger charge is -2.57. The van der Waals surface area contributed by atoms with Crippen LogP contribution in [0.15, 0.2) is 24.3 Å². The van der Waals surface area contributed by atoms with E-state index in [1.807, 2.05) is 24.3 Å². The Kier molecular flexibility index (Phi) is 3.38. The van der Waals surface area contributed by atoms with Gasteiger partial charge in [-0.3, -0.25) is 5.32 Å². The molecule has 22 heavy (non-hydrogen) atoms. The number of methoxy groups -OCH3 is 1. The minimum atomic E-state index is -0.230. The maximum atomic E-state index is 9.69. The molecule has 1 aromatic carbocycles. The molecule has 0 aliphatic heterocycles. The highest BCUT2D eigenvalue weighted by molar-refractivity contribution is 5.33. The molecule has 0 aromatic heterocycles. The fraction of sp³-hybridized carbons (Fsp3) is 0.632. The maximum Gasteiger partial charge on any atom is 0.121 e. The number of nitrogens with zero attached hydrogens (tertiary/aromatic N) is 1. The highest BCUT2D eigenvalue weighted by atomic mass is 16.5. The van der Waals surface area contributed by atoms with Crippen molar-refractivity contribution >= 4 is 0 Å². The van der Waals surface area contributed by atoms with Gasteiger partial charge in [0.15, 0.2) is 0 Å². The van der Waals surface area contributed by atoms with Crippen LogP contribution in [0.3, 0.4) is 0 Å². The van der Waals surface area contributed by atoms with Crippen molar-refractivity contribution in [1.82, 2.24) is 5.32 Å². The molecule has 0 amide bonds. The van der Waals surface area contributed by atoms with E-state index in [4.69, 9.17) is 4.74 Å². The maximum absolute atomic E-state index is 9.69. The molecule has 0 spiro atoms. The smallest absolute Gasteiger partial charge is 0.121 e. The fourth-order valence-corrected chi connectivity index (χ4v) is 5.60. The Balaban J connectivity index is 1.57. The second kappa shape index (κ2) is 5.28. The van der Waals surface area contributed by atoms with Gasteiger partial charge in [-0.1, -0.05) is 12.1 Å². The predicted molar refractivity (Wildman–Crippen MR) is 85.4 cm³/mol. The summed E-state index contributed by atoms with van der Waals surface area (Å²) in [5.41, 5.74) is 1.23. The molecule has 0 saturated heterocycles. The first kappa shape index (κ1) is 14.1. The van der Waals surface area contributed by atoms with Crippen LogP contribution in [0.25, 0.3) is 0 Å². The molecule has 4 aliphatic carbocycles. The zero-order valence-electron chi connectivity index (χ0n) is 13.2. The van der Waals surface area contributed by atoms with Crippen molar-refractivity contribution in [3.63, 3.8) is 0 Å². The summed E-state index contributed by atoms with van der Waals surface area (Å²) < 4.78 is 5.31. The monoisotopic (exact) mass is 296 g/mol. The van der Waals surface area contributed by atoms with Crippen LogP contribution in [0.1, 0.15) is 50.1 Å². The molecular formula is C19H24N2O. The van der Waals surface area contributed by atoms with Crippen molar-refractivity contribution in [1.29, 1.82) is 5.26 Å². The Labute approximate surface area is 132 Å². The molecule has 3 nitrogen and oxygen atoms in total. The van der Waals surface area contributed by atoms with E-state index in [0.29, 0.717) is 0 Å². The largest absolute Gasteiger partial charge is 0.497 e. The lowest BCUT2D eigenvalue weighted by atomic mass is 9.53. The van der Waals surface area contributed by atoms with Crippen molar-refractivity contribution in [2.24, 2.45) is 17.8 Å². The topological polar surface area (TPSA) is 45.0 Å². The van der Waals surface area contributed by atoms with Crippen LogP contribution in [0.4, 0.5) is 0 Å². The van der Waals surface area contributed by atoms with E-state index in [1.165, 1.54) is 38.5 Å². The van der Waals surface area contributed by atoms with Gasteiger partial charge in [0, 0.05) is 5.54 Å². The van der Waals surface area contributed by atoms with Crippen LogP contribution in [0.2, 0.25) is 0 Å². The second-order valence-electron chi connectivity index (χ2n) is 7.68. The Morgan fingerprint density at radius 1 is 1.18 bits per heavy atom. The molecular weight excluding hydrogens is 272 g/mol. The summed E-state index contributed by atoms with van der Waals surface area (Å²) in [6, 6.07) is 10.2. The highest BCUT2D eigenvalue weighted by Crippen LogP contribution is 2.56. The number of rotatable bonds is 4. The normalized spacial score (nSPS) is 36.8. The van der Waals surface area contributed by atoms with Gasteiger partial charge in [-0.2, -0.15) is 5.26 Å². The van der Waals surface area contributed by atoms with E-state index in [9.17, 15) is 5.26 Å². The van der Waals surface area contributed by atoms with Crippen molar-refractivity contribution in [3.8, 4) is 11.8 Å². The van der Waals surface area contributed by atoms with Crippen molar-refractivity contribution in [2.75, 3.05) is 7.11 Å². The SMILES string of the molecule is COc1cccc([C@H](C#N)NC23CC4CC(CC(C4)C2)C3)c1. The third-order valence-corrected chi connectivity index (χ3v) is 6.04. The average Bonchev–Trinajstić information content (AvgIpc) is 2.51. The van der Waals surface area contributed by atoms with E-state index >= 15 is 0 Å². The van der Waals surface area contributed by atoms with Crippen LogP contribution in [-0.2, 0) is 0 Å². The molecule has 1 aromatic rings. The van der Waals surface area contributed by atoms with Crippen molar-refractivity contribution in [2.45, 2.75) is 50.1 Å². The van der Waals surface area contributed by atoms with Gasteiger partial charge in [0.1, 0.15) is 11.8 Å². The number of hydrogen-bond donors (Lipinski definition) is 1. The third kappa shape index (κ3) is 2.40. The standard InChI is InChI=1S/C19H24N2O/c1-22-17-4-2-3-16(8-17)18(12-20)21-19-9-13-5-14(10-19)7-15(6-13)11-19/h2-4,8,13-15,18,21H,5-7,9-11H2,1H3/t13?,14?,15?,18-,19?/m0/s1. The predicted octanol–water partition coefficient (Wildman–Crippen LogP) is 3.82. The molecule has 1 N–H and O–H groups in total. The highest BCUT2D eigenvalue weighted by Gasteiger charge is 2.51. The average molecular weight is 296 g/mol. The molecule has 0 heterocycles. The second-order valence-corrected chi connectivity index (χ2v) is 7.68. The quantitative estimate of drug-likeness (QED) is 0.918. The van der Waals surface area contributed by atoms with E-state index < -0.39 is 0 Å². The van der Waals surface area contributed by atoms with Gasteiger partial charge in [-0.05, 0) is 74.0 Å². The Hall–Kier alpha value is -1.53. The number of benzene rings is 1. The number of nitrogens with one attached hydrogen (secondary N) is 1. The van der Waals surface area contributed by atoms with Gasteiger partial charge in [-0.25, -0.2) is 0 Å². The zero-order valence-corrected chi connectivity index (χ0v) is 13.2. The zero-order chi connectivity index (χ0) is 15.2. The van der Waals surface area contributed by atoms with E-state index in [2.05, 4.69) is 11.4 Å². The van der Waals surface area contributed by atoms with Crippen molar-refractivity contribution < 1.29 is 4.74 Å². The Morgan fingerprint density at radius 3 is 2.36 bits per heavy atom. The molecule has 4 fully saturated rings. The van der Waals surface area contributed by atoms with Gasteiger partial charge in [-0.15, -0.1) is 0 Å². The summed E-state index contributed by atoms with van der Waals surface area (Å²) in [6.45, 7) is 0. The van der Waals surface area contributed by atoms with Crippen molar-refractivity contribution in [3.05, 3.63) is 29.8 Å². The van der Waals surface area contributed by atoms with Gasteiger partial charge >= 0.3 is 0 Å². The summed E-state index contributed by atoms with van der Waals surface area (Å²) in [5, 5.41) is 13.5. The summed E-state index contributed by atoms with van der Waals surface area (Å²) in [7, 11) is 1.67. The summed E-state index contributed by atoms with van der Waals surface area (Å²) in [6.07, 6.45) is 8.08. The van der Waals surface area contributed by atoms with Gasteiger partial charge in [0.2, 0.25) is 0 Å². The van der Waals surface area contributed by atoms with Crippen LogP contribution in [0, 0.1) is 29.1 Å². The van der Waals surface area contributed by atoms with Gasteiger partial charge in [0.05, 0.1) is 13.2 Å². The lowest BCUT2D eigenvalue weighted by molar-refractivity contribution is -0.0227. The summed E-state index contributed by atoms with van der Waals surface area (Å²) in [4.78, 5) is 0. The van der Waals surface area contributed by atoms with Crippen LogP contribution < -0.4 is 10.1 Å². The van der Waals surface area contributed by atoms with Crippen LogP contribution in [0.5, 0.6) is 5.75 Å². The molecule has 3 heteroatoms.